The van der Waals surface area contributed by atoms with Gasteiger partial charge in [0.05, 0.1) is 12.6 Å². The number of hydrogen-bond acceptors (Lipinski definition) is 3. The summed E-state index contributed by atoms with van der Waals surface area (Å²) in [5.74, 6) is 0.199. The van der Waals surface area contributed by atoms with Gasteiger partial charge in [-0.25, -0.2) is 4.79 Å². The highest BCUT2D eigenvalue weighted by Gasteiger charge is 2.27. The van der Waals surface area contributed by atoms with E-state index in [4.69, 9.17) is 0 Å². The van der Waals surface area contributed by atoms with Crippen LogP contribution in [0.2, 0.25) is 0 Å². The van der Waals surface area contributed by atoms with E-state index in [9.17, 15) is 9.59 Å². The quantitative estimate of drug-likeness (QED) is 0.532. The second-order valence-corrected chi connectivity index (χ2v) is 10.6. The first kappa shape index (κ1) is 25.6. The third-order valence-electron chi connectivity index (χ3n) is 6.39. The van der Waals surface area contributed by atoms with Gasteiger partial charge in [-0.15, -0.1) is 0 Å². The largest absolute Gasteiger partial charge is 0.377 e. The summed E-state index contributed by atoms with van der Waals surface area (Å²) in [5.41, 5.74) is 3.51. The third-order valence-corrected chi connectivity index (χ3v) is 6.39. The number of carbonyl (C=O) groups excluding carboxylic acids is 2. The molecule has 184 valence electrons. The van der Waals surface area contributed by atoms with Crippen LogP contribution in [0.1, 0.15) is 70.5 Å². The van der Waals surface area contributed by atoms with E-state index in [1.54, 1.807) is 0 Å². The van der Waals surface area contributed by atoms with Gasteiger partial charge in [0.25, 0.3) is 0 Å². The number of rotatable bonds is 7. The topological polar surface area (TPSA) is 64.7 Å². The van der Waals surface area contributed by atoms with Crippen molar-refractivity contribution >= 4 is 23.3 Å². The number of hydrogen-bond donors (Lipinski definition) is 2. The zero-order valence-corrected chi connectivity index (χ0v) is 21.5. The van der Waals surface area contributed by atoms with Gasteiger partial charge in [0.2, 0.25) is 5.91 Å². The second-order valence-electron chi connectivity index (χ2n) is 10.6. The Labute approximate surface area is 204 Å². The fourth-order valence-corrected chi connectivity index (χ4v) is 4.53. The molecule has 0 saturated heterocycles. The summed E-state index contributed by atoms with van der Waals surface area (Å²) in [5, 5.41) is 6.24. The lowest BCUT2D eigenvalue weighted by atomic mass is 10.0. The molecule has 3 rings (SSSR count). The van der Waals surface area contributed by atoms with E-state index >= 15 is 0 Å². The minimum absolute atomic E-state index is 0.0982. The van der Waals surface area contributed by atoms with Crippen molar-refractivity contribution in [2.75, 3.05) is 24.3 Å². The molecule has 0 heterocycles. The minimum atomic E-state index is -0.354. The number of carbonyl (C=O) groups is 2. The lowest BCUT2D eigenvalue weighted by Gasteiger charge is -2.34. The van der Waals surface area contributed by atoms with Gasteiger partial charge < -0.3 is 20.4 Å². The Morgan fingerprint density at radius 1 is 1.03 bits per heavy atom. The predicted octanol–water partition coefficient (Wildman–Crippen LogP) is 5.95. The van der Waals surface area contributed by atoms with Gasteiger partial charge in [-0.05, 0) is 69.9 Å². The zero-order valence-electron chi connectivity index (χ0n) is 21.5. The van der Waals surface area contributed by atoms with Crippen LogP contribution in [-0.4, -0.2) is 36.5 Å². The van der Waals surface area contributed by atoms with Crippen LogP contribution in [0.4, 0.5) is 16.2 Å². The first-order valence-electron chi connectivity index (χ1n) is 12.3. The highest BCUT2D eigenvalue weighted by molar-refractivity contribution is 5.93. The molecule has 6 heteroatoms. The first-order chi connectivity index (χ1) is 16.0. The van der Waals surface area contributed by atoms with Gasteiger partial charge in [-0.1, -0.05) is 43.2 Å². The molecule has 0 radical (unpaired) electrons. The van der Waals surface area contributed by atoms with E-state index in [-0.39, 0.29) is 29.4 Å². The van der Waals surface area contributed by atoms with Crippen molar-refractivity contribution in [3.63, 3.8) is 0 Å². The van der Waals surface area contributed by atoms with E-state index in [1.807, 2.05) is 93.2 Å². The average Bonchev–Trinajstić information content (AvgIpc) is 3.31. The molecular formula is C28H40N4O2. The molecular weight excluding hydrogens is 424 g/mol. The Kier molecular flexibility index (Phi) is 8.24. The molecule has 1 aliphatic rings. The van der Waals surface area contributed by atoms with Crippen molar-refractivity contribution in [1.29, 1.82) is 0 Å². The smallest absolute Gasteiger partial charge is 0.318 e. The summed E-state index contributed by atoms with van der Waals surface area (Å²) in [6, 6.07) is 15.8. The first-order valence-corrected chi connectivity index (χ1v) is 12.3. The van der Waals surface area contributed by atoms with Crippen LogP contribution in [-0.2, 0) is 11.3 Å². The Balaban J connectivity index is 1.92. The van der Waals surface area contributed by atoms with E-state index in [1.165, 1.54) is 0 Å². The molecule has 2 aromatic carbocycles. The summed E-state index contributed by atoms with van der Waals surface area (Å²) in [6.45, 7) is 8.43. The van der Waals surface area contributed by atoms with Crippen LogP contribution in [0, 0.1) is 5.92 Å². The van der Waals surface area contributed by atoms with Gasteiger partial charge >= 0.3 is 6.03 Å². The average molecular weight is 465 g/mol. The molecule has 0 spiro atoms. The molecule has 1 aliphatic carbocycles. The number of urea groups is 1. The summed E-state index contributed by atoms with van der Waals surface area (Å²) < 4.78 is 0. The number of nitrogens with zero attached hydrogens (tertiary/aromatic N) is 2. The molecule has 0 aromatic heterocycles. The van der Waals surface area contributed by atoms with E-state index in [0.717, 1.165) is 48.2 Å². The van der Waals surface area contributed by atoms with Crippen LogP contribution in [0.25, 0.3) is 0 Å². The fraction of sp³-hybridized carbons (Fsp3) is 0.500. The van der Waals surface area contributed by atoms with Crippen LogP contribution in [0.15, 0.2) is 48.5 Å². The third kappa shape index (κ3) is 6.75. The van der Waals surface area contributed by atoms with E-state index in [2.05, 4.69) is 17.6 Å². The van der Waals surface area contributed by atoms with Crippen molar-refractivity contribution in [1.82, 2.24) is 10.2 Å². The predicted molar refractivity (Wildman–Crippen MR) is 140 cm³/mol. The Morgan fingerprint density at radius 2 is 1.68 bits per heavy atom. The number of nitrogens with one attached hydrogen (secondary N) is 2. The minimum Gasteiger partial charge on any atom is -0.377 e. The monoisotopic (exact) mass is 464 g/mol. The Bertz CT molecular complexity index is 976. The van der Waals surface area contributed by atoms with Gasteiger partial charge in [0.1, 0.15) is 0 Å². The summed E-state index contributed by atoms with van der Waals surface area (Å²) in [6.07, 6.45) is 4.17. The standard InChI is InChI=1S/C28H40N4O2/c1-20(21-12-8-7-9-13-21)32(27(34)30-28(2,3)4)19-23-18-24(16-17-25(23)31(5)6)29-26(33)22-14-10-11-15-22/h7-9,12-13,16-18,20,22H,10-11,14-15,19H2,1-6H3,(H,29,33)(H,30,34). The number of benzene rings is 2. The van der Waals surface area contributed by atoms with Crippen LogP contribution < -0.4 is 15.5 Å². The van der Waals surface area contributed by atoms with E-state index in [0.29, 0.717) is 6.54 Å². The molecule has 6 nitrogen and oxygen atoms in total. The molecule has 1 atom stereocenters. The van der Waals surface area contributed by atoms with Crippen molar-refractivity contribution in [2.45, 2.75) is 71.5 Å². The van der Waals surface area contributed by atoms with E-state index < -0.39 is 0 Å². The highest BCUT2D eigenvalue weighted by atomic mass is 16.2. The maximum Gasteiger partial charge on any atom is 0.318 e. The van der Waals surface area contributed by atoms with Gasteiger partial charge in [0.15, 0.2) is 0 Å². The fourth-order valence-electron chi connectivity index (χ4n) is 4.53. The van der Waals surface area contributed by atoms with Gasteiger partial charge in [0, 0.05) is 36.9 Å². The van der Waals surface area contributed by atoms with Crippen molar-refractivity contribution < 1.29 is 9.59 Å². The van der Waals surface area contributed by atoms with Crippen LogP contribution >= 0.6 is 0 Å². The summed E-state index contributed by atoms with van der Waals surface area (Å²) in [4.78, 5) is 30.1. The lowest BCUT2D eigenvalue weighted by Crippen LogP contribution is -2.49. The number of anilines is 2. The maximum absolute atomic E-state index is 13.4. The van der Waals surface area contributed by atoms with Gasteiger partial charge in [-0.3, -0.25) is 4.79 Å². The molecule has 0 bridgehead atoms. The van der Waals surface area contributed by atoms with Crippen LogP contribution in [0.5, 0.6) is 0 Å². The summed E-state index contributed by atoms with van der Waals surface area (Å²) in [7, 11) is 3.99. The molecule has 1 fully saturated rings. The molecule has 2 N–H and O–H groups in total. The summed E-state index contributed by atoms with van der Waals surface area (Å²) >= 11 is 0. The molecule has 0 aliphatic heterocycles. The van der Waals surface area contributed by atoms with Gasteiger partial charge in [-0.2, -0.15) is 0 Å². The highest BCUT2D eigenvalue weighted by Crippen LogP contribution is 2.30. The normalized spacial score (nSPS) is 15.0. The molecule has 2 aromatic rings. The Hall–Kier alpha value is -3.02. The molecule has 3 amide bonds. The lowest BCUT2D eigenvalue weighted by molar-refractivity contribution is -0.119. The maximum atomic E-state index is 13.4. The Morgan fingerprint density at radius 3 is 2.26 bits per heavy atom. The zero-order chi connectivity index (χ0) is 24.9. The van der Waals surface area contributed by atoms with Crippen molar-refractivity contribution in [3.05, 3.63) is 59.7 Å². The van der Waals surface area contributed by atoms with Crippen molar-refractivity contribution in [3.8, 4) is 0 Å². The molecule has 34 heavy (non-hydrogen) atoms. The van der Waals surface area contributed by atoms with Crippen LogP contribution in [0.3, 0.4) is 0 Å². The SMILES string of the molecule is CC(c1ccccc1)N(Cc1cc(NC(=O)C2CCCC2)ccc1N(C)C)C(=O)NC(C)(C)C. The van der Waals surface area contributed by atoms with Crippen molar-refractivity contribution in [2.24, 2.45) is 5.92 Å². The molecule has 1 saturated carbocycles. The number of amides is 3. The molecule has 1 unspecified atom stereocenters. The second kappa shape index (κ2) is 10.9.